The molecule has 2 rings (SSSR count). The molecule has 0 unspecified atom stereocenters. The molecule has 0 saturated heterocycles. The van der Waals surface area contributed by atoms with Gasteiger partial charge < -0.3 is 10.2 Å². The van der Waals surface area contributed by atoms with Crippen LogP contribution in [0, 0.1) is 0 Å². The van der Waals surface area contributed by atoms with Crippen molar-refractivity contribution in [2.45, 2.75) is 39.5 Å². The lowest BCUT2D eigenvalue weighted by molar-refractivity contribution is 0.467. The first-order chi connectivity index (χ1) is 9.65. The molecule has 0 fully saturated rings. The van der Waals surface area contributed by atoms with Gasteiger partial charge in [-0.25, -0.2) is 0 Å². The van der Waals surface area contributed by atoms with Gasteiger partial charge in [-0.1, -0.05) is 38.8 Å². The summed E-state index contributed by atoms with van der Waals surface area (Å²) >= 11 is 0. The quantitative estimate of drug-likeness (QED) is 0.828. The second-order valence-corrected chi connectivity index (χ2v) is 5.19. The van der Waals surface area contributed by atoms with Crippen molar-refractivity contribution < 1.29 is 10.2 Å². The molecule has 0 aliphatic heterocycles. The van der Waals surface area contributed by atoms with Crippen molar-refractivity contribution in [1.29, 1.82) is 0 Å². The Bertz CT molecular complexity index is 534. The molecule has 0 bridgehead atoms. The Morgan fingerprint density at radius 2 is 1.10 bits per heavy atom. The molecule has 0 aliphatic carbocycles. The van der Waals surface area contributed by atoms with E-state index in [1.54, 1.807) is 12.1 Å². The molecule has 0 amide bonds. The monoisotopic (exact) mass is 270 g/mol. The normalized spacial score (nSPS) is 10.7. The van der Waals surface area contributed by atoms with E-state index in [1.165, 1.54) is 0 Å². The van der Waals surface area contributed by atoms with Crippen LogP contribution >= 0.6 is 0 Å². The van der Waals surface area contributed by atoms with E-state index in [1.807, 2.05) is 24.3 Å². The predicted molar refractivity (Wildman–Crippen MR) is 83.2 cm³/mol. The molecule has 20 heavy (non-hydrogen) atoms. The minimum atomic E-state index is 0.364. The van der Waals surface area contributed by atoms with E-state index < -0.39 is 0 Å². The third kappa shape index (κ3) is 3.13. The Morgan fingerprint density at radius 1 is 0.700 bits per heavy atom. The summed E-state index contributed by atoms with van der Waals surface area (Å²) in [7, 11) is 0. The number of hydrogen-bond acceptors (Lipinski definition) is 2. The van der Waals surface area contributed by atoms with Crippen LogP contribution in [0.2, 0.25) is 0 Å². The van der Waals surface area contributed by atoms with Crippen molar-refractivity contribution >= 4 is 0 Å². The molecule has 106 valence electrons. The van der Waals surface area contributed by atoms with Gasteiger partial charge in [0.1, 0.15) is 11.5 Å². The third-order valence-electron chi connectivity index (χ3n) is 3.53. The first-order valence-corrected chi connectivity index (χ1v) is 7.29. The topological polar surface area (TPSA) is 40.5 Å². The molecule has 2 N–H and O–H groups in total. The maximum Gasteiger partial charge on any atom is 0.118 e. The number of aromatic hydroxyl groups is 2. The van der Waals surface area contributed by atoms with Gasteiger partial charge in [-0.05, 0) is 59.4 Å². The number of benzene rings is 2. The van der Waals surface area contributed by atoms with E-state index in [0.717, 1.165) is 47.9 Å². The molecule has 0 atom stereocenters. The van der Waals surface area contributed by atoms with Gasteiger partial charge >= 0.3 is 0 Å². The van der Waals surface area contributed by atoms with Gasteiger partial charge in [0.25, 0.3) is 0 Å². The van der Waals surface area contributed by atoms with Crippen LogP contribution in [0.15, 0.2) is 36.4 Å². The zero-order valence-corrected chi connectivity index (χ0v) is 12.2. The first-order valence-electron chi connectivity index (χ1n) is 7.29. The molecule has 0 aliphatic rings. The Labute approximate surface area is 120 Å². The lowest BCUT2D eigenvalue weighted by Crippen LogP contribution is -1.89. The highest BCUT2D eigenvalue weighted by atomic mass is 16.3. The van der Waals surface area contributed by atoms with Crippen molar-refractivity contribution in [3.8, 4) is 22.6 Å². The third-order valence-corrected chi connectivity index (χ3v) is 3.53. The van der Waals surface area contributed by atoms with Gasteiger partial charge in [0.05, 0.1) is 0 Å². The molecular formula is C18H22O2. The van der Waals surface area contributed by atoms with Crippen LogP contribution in [0.3, 0.4) is 0 Å². The zero-order chi connectivity index (χ0) is 14.5. The molecule has 0 heterocycles. The Kier molecular flexibility index (Phi) is 4.67. The summed E-state index contributed by atoms with van der Waals surface area (Å²) in [5.74, 6) is 0.728. The van der Waals surface area contributed by atoms with Crippen LogP contribution in [-0.2, 0) is 12.8 Å². The van der Waals surface area contributed by atoms with Gasteiger partial charge in [-0.15, -0.1) is 0 Å². The highest BCUT2D eigenvalue weighted by molar-refractivity contribution is 5.67. The lowest BCUT2D eigenvalue weighted by Gasteiger charge is -2.10. The molecule has 0 saturated carbocycles. The fraction of sp³-hybridized carbons (Fsp3) is 0.333. The van der Waals surface area contributed by atoms with Crippen molar-refractivity contribution in [1.82, 2.24) is 0 Å². The van der Waals surface area contributed by atoms with E-state index in [-0.39, 0.29) is 0 Å². The summed E-state index contributed by atoms with van der Waals surface area (Å²) in [6, 6.07) is 11.5. The van der Waals surface area contributed by atoms with E-state index in [9.17, 15) is 10.2 Å². The van der Waals surface area contributed by atoms with Crippen LogP contribution in [0.5, 0.6) is 11.5 Å². The first kappa shape index (κ1) is 14.4. The van der Waals surface area contributed by atoms with Crippen LogP contribution in [0.4, 0.5) is 0 Å². The second kappa shape index (κ2) is 6.47. The van der Waals surface area contributed by atoms with Gasteiger partial charge in [0, 0.05) is 0 Å². The Hall–Kier alpha value is -1.96. The minimum Gasteiger partial charge on any atom is -0.508 e. The van der Waals surface area contributed by atoms with E-state index in [4.69, 9.17) is 0 Å². The van der Waals surface area contributed by atoms with Gasteiger partial charge in [0.15, 0.2) is 0 Å². The van der Waals surface area contributed by atoms with Crippen LogP contribution in [0.25, 0.3) is 11.1 Å². The standard InChI is InChI=1S/C18H22O2/c1-3-5-15-11-13(7-9-17(15)19)14-8-10-18(20)16(12-14)6-4-2/h7-12,19-20H,3-6H2,1-2H3. The lowest BCUT2D eigenvalue weighted by atomic mass is 9.97. The molecule has 0 aromatic heterocycles. The largest absolute Gasteiger partial charge is 0.508 e. The maximum absolute atomic E-state index is 9.86. The Morgan fingerprint density at radius 3 is 1.45 bits per heavy atom. The average molecular weight is 270 g/mol. The molecule has 2 heteroatoms. The summed E-state index contributed by atoms with van der Waals surface area (Å²) < 4.78 is 0. The number of phenolic OH excluding ortho intramolecular Hbond substituents is 2. The summed E-state index contributed by atoms with van der Waals surface area (Å²) in [6.45, 7) is 4.21. The van der Waals surface area contributed by atoms with Crippen LogP contribution < -0.4 is 0 Å². The Balaban J connectivity index is 2.40. The molecular weight excluding hydrogens is 248 g/mol. The van der Waals surface area contributed by atoms with Gasteiger partial charge in [-0.3, -0.25) is 0 Å². The van der Waals surface area contributed by atoms with E-state index >= 15 is 0 Å². The van der Waals surface area contributed by atoms with Crippen LogP contribution in [0.1, 0.15) is 37.8 Å². The van der Waals surface area contributed by atoms with Crippen molar-refractivity contribution in [3.63, 3.8) is 0 Å². The summed E-state index contributed by atoms with van der Waals surface area (Å²) in [4.78, 5) is 0. The average Bonchev–Trinajstić information content (AvgIpc) is 2.44. The van der Waals surface area contributed by atoms with Crippen molar-refractivity contribution in [2.75, 3.05) is 0 Å². The van der Waals surface area contributed by atoms with Crippen molar-refractivity contribution in [2.24, 2.45) is 0 Å². The smallest absolute Gasteiger partial charge is 0.118 e. The minimum absolute atomic E-state index is 0.364. The second-order valence-electron chi connectivity index (χ2n) is 5.19. The van der Waals surface area contributed by atoms with E-state index in [0.29, 0.717) is 11.5 Å². The highest BCUT2D eigenvalue weighted by Crippen LogP contribution is 2.30. The number of hydrogen-bond donors (Lipinski definition) is 2. The molecule has 2 aromatic carbocycles. The van der Waals surface area contributed by atoms with Gasteiger partial charge in [-0.2, -0.15) is 0 Å². The molecule has 0 radical (unpaired) electrons. The van der Waals surface area contributed by atoms with Crippen molar-refractivity contribution in [3.05, 3.63) is 47.5 Å². The highest BCUT2D eigenvalue weighted by Gasteiger charge is 2.07. The number of aryl methyl sites for hydroxylation is 2. The summed E-state index contributed by atoms with van der Waals surface area (Å²) in [5.41, 5.74) is 4.14. The predicted octanol–water partition coefficient (Wildman–Crippen LogP) is 4.67. The van der Waals surface area contributed by atoms with Gasteiger partial charge in [0.2, 0.25) is 0 Å². The summed E-state index contributed by atoms with van der Waals surface area (Å²) in [6.07, 6.45) is 3.76. The maximum atomic E-state index is 9.86. The molecule has 0 spiro atoms. The zero-order valence-electron chi connectivity index (χ0n) is 12.2. The number of rotatable bonds is 5. The molecule has 2 aromatic rings. The molecule has 2 nitrogen and oxygen atoms in total. The van der Waals surface area contributed by atoms with Crippen LogP contribution in [-0.4, -0.2) is 10.2 Å². The summed E-state index contributed by atoms with van der Waals surface area (Å²) in [5, 5.41) is 19.7. The fourth-order valence-corrected chi connectivity index (χ4v) is 2.47. The van der Waals surface area contributed by atoms with E-state index in [2.05, 4.69) is 13.8 Å². The SMILES string of the molecule is CCCc1cc(-c2ccc(O)c(CCC)c2)ccc1O. The fourth-order valence-electron chi connectivity index (χ4n) is 2.47. The number of phenols is 2.